The first kappa shape index (κ1) is 16.9. The first-order chi connectivity index (χ1) is 11.4. The lowest BCUT2D eigenvalue weighted by Crippen LogP contribution is -2.32. The van der Waals surface area contributed by atoms with Gasteiger partial charge < -0.3 is 20.2 Å². The molecule has 1 aliphatic heterocycles. The molecule has 2 aromatic heterocycles. The molecule has 0 saturated carbocycles. The monoisotopic (exact) mass is 354 g/mol. The van der Waals surface area contributed by atoms with Crippen molar-refractivity contribution < 1.29 is 15.3 Å². The van der Waals surface area contributed by atoms with Crippen LogP contribution in [-0.4, -0.2) is 84.2 Å². The van der Waals surface area contributed by atoms with E-state index in [0.717, 1.165) is 0 Å². The summed E-state index contributed by atoms with van der Waals surface area (Å²) in [4.78, 5) is 28.7. The highest BCUT2D eigenvalue weighted by Crippen LogP contribution is 2.42. The van der Waals surface area contributed by atoms with Crippen LogP contribution in [0.5, 0.6) is 0 Å². The predicted octanol–water partition coefficient (Wildman–Crippen LogP) is -1.33. The van der Waals surface area contributed by atoms with Gasteiger partial charge in [0.05, 0.1) is 30.6 Å². The number of aromatic amines is 1. The number of hydrogen-bond donors (Lipinski definition) is 4. The lowest BCUT2D eigenvalue weighted by molar-refractivity contribution is 0.0113. The van der Waals surface area contributed by atoms with Crippen molar-refractivity contribution in [2.75, 3.05) is 20.7 Å². The molecule has 0 spiro atoms. The highest BCUT2D eigenvalue weighted by atomic mass is 32.2. The van der Waals surface area contributed by atoms with Gasteiger partial charge in [-0.25, -0.2) is 9.98 Å². The molecule has 4 N–H and O–H groups in total. The Morgan fingerprint density at radius 3 is 2.83 bits per heavy atom. The summed E-state index contributed by atoms with van der Waals surface area (Å²) in [5, 5.41) is 28.4. The van der Waals surface area contributed by atoms with Gasteiger partial charge in [0, 0.05) is 14.1 Å². The largest absolute Gasteiger partial charge is 0.395 e. The van der Waals surface area contributed by atoms with Gasteiger partial charge in [0.1, 0.15) is 11.5 Å². The van der Waals surface area contributed by atoms with Crippen molar-refractivity contribution in [3.05, 3.63) is 16.7 Å². The van der Waals surface area contributed by atoms with Gasteiger partial charge in [-0.3, -0.25) is 14.3 Å². The van der Waals surface area contributed by atoms with Crippen molar-refractivity contribution >= 4 is 35.2 Å². The Labute approximate surface area is 140 Å². The Balaban J connectivity index is 2.05. The second-order valence-corrected chi connectivity index (χ2v) is 7.01. The summed E-state index contributed by atoms with van der Waals surface area (Å²) in [6.45, 7) is -0.265. The van der Waals surface area contributed by atoms with Crippen LogP contribution in [0.3, 0.4) is 0 Å². The van der Waals surface area contributed by atoms with Crippen molar-refractivity contribution in [3.63, 3.8) is 0 Å². The van der Waals surface area contributed by atoms with Gasteiger partial charge in [0.25, 0.3) is 5.56 Å². The molecule has 0 amide bonds. The number of nitrogens with one attached hydrogen (secondary N) is 1. The molecule has 1 fully saturated rings. The van der Waals surface area contributed by atoms with E-state index in [-0.39, 0.29) is 23.7 Å². The summed E-state index contributed by atoms with van der Waals surface area (Å²) in [7, 11) is 3.57. The minimum Gasteiger partial charge on any atom is -0.395 e. The normalized spacial score (nSPS) is 27.4. The molecule has 0 aliphatic carbocycles. The molecule has 1 saturated heterocycles. The topological polar surface area (TPSA) is 140 Å². The van der Waals surface area contributed by atoms with Crippen LogP contribution in [0.15, 0.2) is 16.1 Å². The summed E-state index contributed by atoms with van der Waals surface area (Å²) in [5.41, 5.74) is -0.0677. The van der Waals surface area contributed by atoms with Gasteiger partial charge in [-0.15, -0.1) is 11.8 Å². The molecule has 3 heterocycles. The van der Waals surface area contributed by atoms with Crippen LogP contribution in [-0.2, 0) is 0 Å². The molecule has 0 unspecified atom stereocenters. The summed E-state index contributed by atoms with van der Waals surface area (Å²) < 4.78 is 1.52. The fourth-order valence-corrected chi connectivity index (χ4v) is 3.82. The van der Waals surface area contributed by atoms with Gasteiger partial charge in [-0.1, -0.05) is 0 Å². The zero-order chi connectivity index (χ0) is 17.4. The zero-order valence-electron chi connectivity index (χ0n) is 13.1. The van der Waals surface area contributed by atoms with Crippen molar-refractivity contribution in [1.29, 1.82) is 0 Å². The number of H-pyrrole nitrogens is 1. The number of hydrogen-bond acceptors (Lipinski definition) is 8. The zero-order valence-corrected chi connectivity index (χ0v) is 13.9. The van der Waals surface area contributed by atoms with Gasteiger partial charge in [0.15, 0.2) is 11.2 Å². The molecule has 4 atom stereocenters. The van der Waals surface area contributed by atoms with Gasteiger partial charge in [-0.05, 0) is 0 Å². The highest BCUT2D eigenvalue weighted by molar-refractivity contribution is 8.00. The minimum atomic E-state index is -1.11. The Kier molecular flexibility index (Phi) is 4.58. The summed E-state index contributed by atoms with van der Waals surface area (Å²) >= 11 is 1.20. The van der Waals surface area contributed by atoms with Crippen molar-refractivity contribution in [2.24, 2.45) is 4.99 Å². The SMILES string of the molecule is CN(C)C=Nc1nc2c(ncn2[C@@H]2S[C@H](CO)[C@@H](O)[C@H]2O)c(=O)[nH]1. The lowest BCUT2D eigenvalue weighted by Gasteiger charge is -2.16. The summed E-state index contributed by atoms with van der Waals surface area (Å²) in [6, 6.07) is 0. The molecule has 0 radical (unpaired) electrons. The van der Waals surface area contributed by atoms with E-state index >= 15 is 0 Å². The summed E-state index contributed by atoms with van der Waals surface area (Å²) in [5.74, 6) is 0.111. The molecule has 10 nitrogen and oxygen atoms in total. The van der Waals surface area contributed by atoms with Crippen LogP contribution in [0.4, 0.5) is 5.95 Å². The number of aliphatic hydroxyl groups is 3. The average Bonchev–Trinajstić information content (AvgIpc) is 3.08. The molecule has 0 aromatic carbocycles. The van der Waals surface area contributed by atoms with Crippen LogP contribution in [0.1, 0.15) is 5.37 Å². The molecule has 1 aliphatic rings. The maximum Gasteiger partial charge on any atom is 0.280 e. The molecule has 2 aromatic rings. The third kappa shape index (κ3) is 2.90. The number of rotatable bonds is 4. The quantitative estimate of drug-likeness (QED) is 0.391. The van der Waals surface area contributed by atoms with E-state index < -0.39 is 28.4 Å². The molecule has 11 heteroatoms. The Morgan fingerprint density at radius 1 is 1.46 bits per heavy atom. The van der Waals surface area contributed by atoms with Crippen LogP contribution >= 0.6 is 11.8 Å². The molecular formula is C13H18N6O4S. The number of aliphatic hydroxyl groups excluding tert-OH is 3. The fourth-order valence-electron chi connectivity index (χ4n) is 2.44. The maximum atomic E-state index is 12.1. The minimum absolute atomic E-state index is 0.111. The van der Waals surface area contributed by atoms with Gasteiger partial charge >= 0.3 is 0 Å². The Morgan fingerprint density at radius 2 is 2.21 bits per heavy atom. The highest BCUT2D eigenvalue weighted by Gasteiger charge is 2.43. The van der Waals surface area contributed by atoms with E-state index in [1.807, 2.05) is 0 Å². The van der Waals surface area contributed by atoms with Gasteiger partial charge in [0.2, 0.25) is 5.95 Å². The van der Waals surface area contributed by atoms with E-state index in [4.69, 9.17) is 0 Å². The van der Waals surface area contributed by atoms with E-state index in [2.05, 4.69) is 19.9 Å². The van der Waals surface area contributed by atoms with Crippen molar-refractivity contribution in [1.82, 2.24) is 24.4 Å². The molecule has 3 rings (SSSR count). The molecule has 130 valence electrons. The van der Waals surface area contributed by atoms with Crippen LogP contribution < -0.4 is 5.56 Å². The maximum absolute atomic E-state index is 12.1. The van der Waals surface area contributed by atoms with Crippen molar-refractivity contribution in [3.8, 4) is 0 Å². The molecule has 24 heavy (non-hydrogen) atoms. The van der Waals surface area contributed by atoms with E-state index in [9.17, 15) is 20.1 Å². The number of aliphatic imine (C=N–C) groups is 1. The molecule has 0 bridgehead atoms. The average molecular weight is 354 g/mol. The summed E-state index contributed by atoms with van der Waals surface area (Å²) in [6.07, 6.45) is 0.699. The van der Waals surface area contributed by atoms with Gasteiger partial charge in [-0.2, -0.15) is 4.98 Å². The Hall–Kier alpha value is -1.95. The number of thioether (sulfide) groups is 1. The van der Waals surface area contributed by atoms with E-state index in [1.54, 1.807) is 19.0 Å². The number of imidazole rings is 1. The molecular weight excluding hydrogens is 336 g/mol. The number of nitrogens with zero attached hydrogens (tertiary/aromatic N) is 5. The first-order valence-electron chi connectivity index (χ1n) is 7.22. The second-order valence-electron chi connectivity index (χ2n) is 5.65. The standard InChI is InChI=1S/C13H18N6O4S/c1-18(2)4-15-13-16-10-7(11(23)17-13)14-5-19(10)12-9(22)8(21)6(3-20)24-12/h4-6,8-9,12,20-22H,3H2,1-2H3,(H,16,17,23)/t6-,8-,9-,12-/m1/s1. The number of aromatic nitrogens is 4. The van der Waals surface area contributed by atoms with Crippen LogP contribution in [0.2, 0.25) is 0 Å². The predicted molar refractivity (Wildman–Crippen MR) is 89.5 cm³/mol. The van der Waals surface area contributed by atoms with Crippen LogP contribution in [0, 0.1) is 0 Å². The van der Waals surface area contributed by atoms with E-state index in [0.29, 0.717) is 0 Å². The lowest BCUT2D eigenvalue weighted by atomic mass is 10.1. The smallest absolute Gasteiger partial charge is 0.280 e. The third-order valence-corrected chi connectivity index (χ3v) is 5.18. The van der Waals surface area contributed by atoms with Crippen LogP contribution in [0.25, 0.3) is 11.2 Å². The van der Waals surface area contributed by atoms with E-state index in [1.165, 1.54) is 29.0 Å². The number of fused-ring (bicyclic) bond motifs is 1. The third-order valence-electron chi connectivity index (χ3n) is 3.62. The Bertz CT molecular complexity index is 818. The first-order valence-corrected chi connectivity index (χ1v) is 8.16. The fraction of sp³-hybridized carbons (Fsp3) is 0.538. The van der Waals surface area contributed by atoms with Crippen molar-refractivity contribution in [2.45, 2.75) is 22.8 Å². The second kappa shape index (κ2) is 6.51.